The molecule has 6 nitrogen and oxygen atoms in total. The fourth-order valence-corrected chi connectivity index (χ4v) is 2.31. The van der Waals surface area contributed by atoms with Gasteiger partial charge in [0.15, 0.2) is 0 Å². The number of hydrogen-bond acceptors (Lipinski definition) is 4. The van der Waals surface area contributed by atoms with Crippen molar-refractivity contribution in [3.63, 3.8) is 0 Å². The Hall–Kier alpha value is -2.34. The number of benzene rings is 1. The number of aliphatic hydroxyl groups excluding tert-OH is 1. The normalized spacial score (nSPS) is 13.9. The first-order chi connectivity index (χ1) is 10.8. The summed E-state index contributed by atoms with van der Waals surface area (Å²) in [6.45, 7) is 0.653. The molecular weight excluding hydrogens is 282 g/mol. The first-order valence-electron chi connectivity index (χ1n) is 7.43. The molecule has 0 bridgehead atoms. The van der Waals surface area contributed by atoms with E-state index in [1.54, 1.807) is 11.2 Å². The van der Waals surface area contributed by atoms with Crippen LogP contribution in [0.4, 0.5) is 4.79 Å². The first-order valence-corrected chi connectivity index (χ1v) is 7.43. The van der Waals surface area contributed by atoms with Crippen LogP contribution in [0.15, 0.2) is 41.0 Å². The van der Waals surface area contributed by atoms with Gasteiger partial charge in [0.25, 0.3) is 0 Å². The molecule has 6 heteroatoms. The van der Waals surface area contributed by atoms with Crippen molar-refractivity contribution in [2.75, 3.05) is 13.2 Å². The molecule has 0 spiro atoms. The van der Waals surface area contributed by atoms with Gasteiger partial charge >= 0.3 is 6.03 Å². The average Bonchev–Trinajstić information content (AvgIpc) is 3.28. The van der Waals surface area contributed by atoms with Gasteiger partial charge in [0.2, 0.25) is 5.89 Å². The van der Waals surface area contributed by atoms with Crippen molar-refractivity contribution in [3.05, 3.63) is 42.3 Å². The molecule has 0 saturated heterocycles. The number of hydrogen-bond donors (Lipinski definition) is 2. The van der Waals surface area contributed by atoms with E-state index in [1.807, 2.05) is 30.3 Å². The molecule has 22 heavy (non-hydrogen) atoms. The molecule has 1 aromatic carbocycles. The van der Waals surface area contributed by atoms with Gasteiger partial charge in [-0.05, 0) is 25.0 Å². The van der Waals surface area contributed by atoms with Crippen LogP contribution < -0.4 is 5.32 Å². The topological polar surface area (TPSA) is 78.6 Å². The van der Waals surface area contributed by atoms with Gasteiger partial charge in [-0.3, -0.25) is 0 Å². The molecule has 0 atom stereocenters. The highest BCUT2D eigenvalue weighted by Crippen LogP contribution is 2.26. The smallest absolute Gasteiger partial charge is 0.318 e. The summed E-state index contributed by atoms with van der Waals surface area (Å²) in [5, 5.41) is 11.9. The lowest BCUT2D eigenvalue weighted by Gasteiger charge is -2.21. The van der Waals surface area contributed by atoms with Crippen molar-refractivity contribution in [1.82, 2.24) is 15.2 Å². The number of rotatable bonds is 6. The van der Waals surface area contributed by atoms with E-state index in [0.717, 1.165) is 18.4 Å². The number of aromatic nitrogens is 1. The molecule has 0 radical (unpaired) electrons. The van der Waals surface area contributed by atoms with Gasteiger partial charge in [0.1, 0.15) is 6.26 Å². The summed E-state index contributed by atoms with van der Waals surface area (Å²) >= 11 is 0. The fourth-order valence-electron chi connectivity index (χ4n) is 2.31. The SMILES string of the molecule is O=C(NCc1coc(-c2ccccc2)n1)N(CCO)C1CC1. The summed E-state index contributed by atoms with van der Waals surface area (Å²) in [6, 6.07) is 9.72. The second-order valence-electron chi connectivity index (χ2n) is 5.32. The van der Waals surface area contributed by atoms with Gasteiger partial charge in [0.05, 0.1) is 18.8 Å². The minimum atomic E-state index is -0.166. The van der Waals surface area contributed by atoms with E-state index in [2.05, 4.69) is 10.3 Å². The van der Waals surface area contributed by atoms with E-state index in [0.29, 0.717) is 24.7 Å². The largest absolute Gasteiger partial charge is 0.444 e. The maximum absolute atomic E-state index is 12.1. The van der Waals surface area contributed by atoms with Crippen LogP contribution in [0.3, 0.4) is 0 Å². The predicted octanol–water partition coefficient (Wildman–Crippen LogP) is 2.01. The van der Waals surface area contributed by atoms with Crippen LogP contribution in [0.25, 0.3) is 11.5 Å². The van der Waals surface area contributed by atoms with Crippen molar-refractivity contribution in [1.29, 1.82) is 0 Å². The van der Waals surface area contributed by atoms with E-state index in [-0.39, 0.29) is 18.7 Å². The zero-order valence-electron chi connectivity index (χ0n) is 12.2. The summed E-state index contributed by atoms with van der Waals surface area (Å²) < 4.78 is 5.43. The van der Waals surface area contributed by atoms with E-state index >= 15 is 0 Å². The number of carbonyl (C=O) groups excluding carboxylic acids is 1. The molecule has 1 aliphatic rings. The Morgan fingerprint density at radius 2 is 2.14 bits per heavy atom. The number of urea groups is 1. The Kier molecular flexibility index (Phi) is 4.39. The van der Waals surface area contributed by atoms with Crippen molar-refractivity contribution < 1.29 is 14.3 Å². The Labute approximate surface area is 128 Å². The molecule has 1 aliphatic carbocycles. The predicted molar refractivity (Wildman–Crippen MR) is 81.0 cm³/mol. The average molecular weight is 301 g/mol. The van der Waals surface area contributed by atoms with Gasteiger partial charge in [-0.25, -0.2) is 9.78 Å². The molecule has 0 unspecified atom stereocenters. The Morgan fingerprint density at radius 1 is 1.36 bits per heavy atom. The summed E-state index contributed by atoms with van der Waals surface area (Å²) in [7, 11) is 0. The summed E-state index contributed by atoms with van der Waals surface area (Å²) in [5.41, 5.74) is 1.58. The number of oxazole rings is 1. The molecule has 1 heterocycles. The monoisotopic (exact) mass is 301 g/mol. The van der Waals surface area contributed by atoms with Crippen LogP contribution >= 0.6 is 0 Å². The number of nitrogens with one attached hydrogen (secondary N) is 1. The fraction of sp³-hybridized carbons (Fsp3) is 0.375. The summed E-state index contributed by atoms with van der Waals surface area (Å²) in [4.78, 5) is 18.2. The van der Waals surface area contributed by atoms with Crippen LogP contribution in [0.2, 0.25) is 0 Å². The van der Waals surface area contributed by atoms with Gasteiger partial charge in [0, 0.05) is 18.2 Å². The lowest BCUT2D eigenvalue weighted by atomic mass is 10.2. The number of nitrogens with zero attached hydrogens (tertiary/aromatic N) is 2. The molecule has 1 aromatic heterocycles. The number of amides is 2. The van der Waals surface area contributed by atoms with Gasteiger partial charge < -0.3 is 19.7 Å². The number of carbonyl (C=O) groups is 1. The van der Waals surface area contributed by atoms with E-state index in [4.69, 9.17) is 9.52 Å². The van der Waals surface area contributed by atoms with Gasteiger partial charge in [-0.2, -0.15) is 0 Å². The second kappa shape index (κ2) is 6.62. The lowest BCUT2D eigenvalue weighted by Crippen LogP contribution is -2.42. The van der Waals surface area contributed by atoms with Crippen molar-refractivity contribution in [2.45, 2.75) is 25.4 Å². The zero-order chi connectivity index (χ0) is 15.4. The summed E-state index contributed by atoms with van der Waals surface area (Å²) in [6.07, 6.45) is 3.57. The third-order valence-corrected chi connectivity index (χ3v) is 3.58. The zero-order valence-corrected chi connectivity index (χ0v) is 12.2. The highest BCUT2D eigenvalue weighted by molar-refractivity contribution is 5.74. The summed E-state index contributed by atoms with van der Waals surface area (Å²) in [5.74, 6) is 0.541. The third-order valence-electron chi connectivity index (χ3n) is 3.58. The third kappa shape index (κ3) is 3.46. The van der Waals surface area contributed by atoms with Gasteiger partial charge in [-0.1, -0.05) is 18.2 Å². The van der Waals surface area contributed by atoms with E-state index < -0.39 is 0 Å². The molecule has 1 fully saturated rings. The minimum absolute atomic E-state index is 0.0218. The molecular formula is C16H19N3O3. The van der Waals surface area contributed by atoms with Crippen LogP contribution in [-0.4, -0.2) is 40.2 Å². The molecule has 2 amide bonds. The maximum Gasteiger partial charge on any atom is 0.318 e. The van der Waals surface area contributed by atoms with Crippen molar-refractivity contribution >= 4 is 6.03 Å². The van der Waals surface area contributed by atoms with E-state index in [1.165, 1.54) is 0 Å². The number of aliphatic hydroxyl groups is 1. The van der Waals surface area contributed by atoms with Crippen molar-refractivity contribution in [2.24, 2.45) is 0 Å². The first kappa shape index (κ1) is 14.6. The Balaban J connectivity index is 1.57. The minimum Gasteiger partial charge on any atom is -0.444 e. The highest BCUT2D eigenvalue weighted by Gasteiger charge is 2.32. The highest BCUT2D eigenvalue weighted by atomic mass is 16.3. The Morgan fingerprint density at radius 3 is 2.82 bits per heavy atom. The molecule has 2 aromatic rings. The van der Waals surface area contributed by atoms with Gasteiger partial charge in [-0.15, -0.1) is 0 Å². The molecule has 116 valence electrons. The van der Waals surface area contributed by atoms with E-state index in [9.17, 15) is 4.79 Å². The lowest BCUT2D eigenvalue weighted by molar-refractivity contribution is 0.173. The quantitative estimate of drug-likeness (QED) is 0.855. The maximum atomic E-state index is 12.1. The Bertz CT molecular complexity index is 623. The standard InChI is InChI=1S/C16H19N3O3/c20-9-8-19(14-6-7-14)16(21)17-10-13-11-22-15(18-13)12-4-2-1-3-5-12/h1-5,11,14,20H,6-10H2,(H,17,21). The van der Waals surface area contributed by atoms with Crippen LogP contribution in [0.1, 0.15) is 18.5 Å². The molecule has 0 aliphatic heterocycles. The second-order valence-corrected chi connectivity index (χ2v) is 5.32. The van der Waals surface area contributed by atoms with Crippen LogP contribution in [0, 0.1) is 0 Å². The van der Waals surface area contributed by atoms with Crippen molar-refractivity contribution in [3.8, 4) is 11.5 Å². The van der Waals surface area contributed by atoms with Crippen LogP contribution in [0.5, 0.6) is 0 Å². The molecule has 2 N–H and O–H groups in total. The molecule has 1 saturated carbocycles. The molecule has 3 rings (SSSR count). The van der Waals surface area contributed by atoms with Crippen LogP contribution in [-0.2, 0) is 6.54 Å².